The standard InChI is InChI=1S/C22H15BrIN5O/c23-17-13-24-22(25-14-17)16-6-4-5-15(11-16)12-20-27-26-19-9-10-21(28-29(19)20)30-18-7-2-1-3-8-18/h1-11,13-14H,12H2. The number of aliphatic imine (C=N–C) groups is 1. The Balaban J connectivity index is 1.42. The van der Waals surface area contributed by atoms with Crippen molar-refractivity contribution in [1.82, 2.24) is 19.8 Å². The predicted molar refractivity (Wildman–Crippen MR) is 130 cm³/mol. The molecule has 0 saturated carbocycles. The number of allylic oxidation sites excluding steroid dienone is 1. The second-order valence-corrected chi connectivity index (χ2v) is 9.69. The summed E-state index contributed by atoms with van der Waals surface area (Å²) < 4.78 is 12.0. The number of ether oxygens (including phenoxy) is 1. The van der Waals surface area contributed by atoms with Gasteiger partial charge in [-0.25, -0.2) is 4.99 Å². The molecule has 4 aromatic rings. The smallest absolute Gasteiger partial charge is 0.237 e. The van der Waals surface area contributed by atoms with Crippen molar-refractivity contribution in [1.29, 1.82) is 0 Å². The van der Waals surface area contributed by atoms with Gasteiger partial charge in [0.05, 0.1) is 0 Å². The van der Waals surface area contributed by atoms with Gasteiger partial charge in [-0.3, -0.25) is 0 Å². The van der Waals surface area contributed by atoms with Crippen LogP contribution in [0.2, 0.25) is 0 Å². The van der Waals surface area contributed by atoms with E-state index in [4.69, 9.17) is 4.74 Å². The summed E-state index contributed by atoms with van der Waals surface area (Å²) in [7, 11) is 0. The fourth-order valence-electron chi connectivity index (χ4n) is 3.00. The van der Waals surface area contributed by atoms with Crippen molar-refractivity contribution in [2.45, 2.75) is 6.42 Å². The molecule has 8 heteroatoms. The van der Waals surface area contributed by atoms with Gasteiger partial charge in [0, 0.05) is 28.7 Å². The lowest BCUT2D eigenvalue weighted by molar-refractivity contribution is 0.451. The molecule has 2 aromatic heterocycles. The Hall–Kier alpha value is -2.72. The number of hydrogen-bond donors (Lipinski definition) is 0. The molecule has 2 aromatic carbocycles. The second-order valence-electron chi connectivity index (χ2n) is 6.50. The molecule has 3 heterocycles. The number of halogens is 2. The average Bonchev–Trinajstić information content (AvgIpc) is 3.17. The van der Waals surface area contributed by atoms with Crippen molar-refractivity contribution in [2.24, 2.45) is 4.99 Å². The molecule has 30 heavy (non-hydrogen) atoms. The van der Waals surface area contributed by atoms with Gasteiger partial charge in [0.15, 0.2) is 11.5 Å². The highest BCUT2D eigenvalue weighted by Gasteiger charge is 2.11. The summed E-state index contributed by atoms with van der Waals surface area (Å²) in [5.74, 6) is 1.99. The molecule has 0 fully saturated rings. The zero-order valence-corrected chi connectivity index (χ0v) is 19.4. The number of benzene rings is 2. The Morgan fingerprint density at radius 2 is 1.87 bits per heavy atom. The molecule has 1 aliphatic rings. The van der Waals surface area contributed by atoms with Crippen LogP contribution < -0.4 is 4.74 Å². The number of hydrogen-bond acceptors (Lipinski definition) is 5. The van der Waals surface area contributed by atoms with Gasteiger partial charge < -0.3 is 4.74 Å². The number of fused-ring (bicyclic) bond motifs is 1. The fraction of sp³-hybridized carbons (Fsp3) is 0.0455. The summed E-state index contributed by atoms with van der Waals surface area (Å²) in [6.45, 7) is 0. The van der Waals surface area contributed by atoms with Gasteiger partial charge in [0.2, 0.25) is 5.88 Å². The van der Waals surface area contributed by atoms with Gasteiger partial charge in [-0.1, -0.05) is 57.1 Å². The first kappa shape index (κ1) is 19.3. The van der Waals surface area contributed by atoms with Crippen LogP contribution in [-0.4, -0.2) is 27.5 Å². The lowest BCUT2D eigenvalue weighted by Gasteiger charge is -2.07. The number of para-hydroxylation sites is 1. The van der Waals surface area contributed by atoms with Crippen LogP contribution in [0, 0.1) is 0 Å². The third-order valence-electron chi connectivity index (χ3n) is 4.36. The van der Waals surface area contributed by atoms with Gasteiger partial charge in [-0.15, -0.1) is 15.3 Å². The van der Waals surface area contributed by atoms with Gasteiger partial charge in [0.1, 0.15) is 9.47 Å². The van der Waals surface area contributed by atoms with E-state index in [0.717, 1.165) is 30.9 Å². The quantitative estimate of drug-likeness (QED) is 0.306. The first-order chi connectivity index (χ1) is 14.7. The molecule has 0 atom stereocenters. The largest absolute Gasteiger partial charge is 0.438 e. The molecule has 0 saturated heterocycles. The topological polar surface area (TPSA) is 64.7 Å². The van der Waals surface area contributed by atoms with Gasteiger partial charge in [0.25, 0.3) is 0 Å². The van der Waals surface area contributed by atoms with Crippen LogP contribution >= 0.6 is 36.7 Å². The minimum absolute atomic E-state index is 0.244. The lowest BCUT2D eigenvalue weighted by Crippen LogP contribution is -2.02. The molecule has 6 nitrogen and oxygen atoms in total. The molecule has 0 N–H and O–H groups in total. The Kier molecular flexibility index (Phi) is 5.50. The highest BCUT2D eigenvalue weighted by Crippen LogP contribution is 2.23. The Morgan fingerprint density at radius 1 is 0.967 bits per heavy atom. The van der Waals surface area contributed by atoms with Crippen LogP contribution in [0.25, 0.3) is 5.65 Å². The van der Waals surface area contributed by atoms with Crippen LogP contribution in [0.3, 0.4) is 0 Å². The van der Waals surface area contributed by atoms with E-state index < -0.39 is 0 Å². The summed E-state index contributed by atoms with van der Waals surface area (Å²) in [6.07, 6.45) is 2.47. The molecule has 0 amide bonds. The zero-order valence-electron chi connectivity index (χ0n) is 15.6. The van der Waals surface area contributed by atoms with E-state index in [-0.39, 0.29) is 20.7 Å². The molecule has 0 radical (unpaired) electrons. The van der Waals surface area contributed by atoms with E-state index in [2.05, 4.69) is 64.5 Å². The van der Waals surface area contributed by atoms with Gasteiger partial charge in [-0.2, -0.15) is 4.52 Å². The van der Waals surface area contributed by atoms with Crippen LogP contribution in [0.15, 0.2) is 82.4 Å². The monoisotopic (exact) mass is 571 g/mol. The summed E-state index contributed by atoms with van der Waals surface area (Å²) >= 11 is 3.24. The molecule has 148 valence electrons. The minimum atomic E-state index is -0.244. The van der Waals surface area contributed by atoms with Crippen molar-refractivity contribution in [2.75, 3.05) is 0 Å². The third-order valence-corrected chi connectivity index (χ3v) is 8.12. The molecular weight excluding hydrogens is 557 g/mol. The van der Waals surface area contributed by atoms with Crippen LogP contribution in [0.4, 0.5) is 0 Å². The lowest BCUT2D eigenvalue weighted by atomic mass is 10.1. The summed E-state index contributed by atoms with van der Waals surface area (Å²) in [4.78, 5) is 4.58. The average molecular weight is 572 g/mol. The van der Waals surface area contributed by atoms with Gasteiger partial charge >= 0.3 is 0 Å². The maximum absolute atomic E-state index is 5.86. The van der Waals surface area contributed by atoms with E-state index in [1.807, 2.05) is 42.6 Å². The Morgan fingerprint density at radius 3 is 2.70 bits per heavy atom. The molecule has 0 aliphatic carbocycles. The van der Waals surface area contributed by atoms with Crippen molar-refractivity contribution in [3.63, 3.8) is 0 Å². The SMILES string of the molecule is BrC1=CN=C(c2cccc(Cc3nnc4ccc(Oc5ccccc5)nn34)c2)I=C1. The Bertz CT molecular complexity index is 1310. The number of rotatable bonds is 5. The molecule has 0 bridgehead atoms. The van der Waals surface area contributed by atoms with Crippen LogP contribution in [0.1, 0.15) is 17.0 Å². The van der Waals surface area contributed by atoms with Crippen molar-refractivity contribution >= 4 is 50.0 Å². The molecule has 5 rings (SSSR count). The first-order valence-corrected chi connectivity index (χ1v) is 12.3. The maximum Gasteiger partial charge on any atom is 0.237 e. The summed E-state index contributed by atoms with van der Waals surface area (Å²) in [5.41, 5.74) is 2.98. The summed E-state index contributed by atoms with van der Waals surface area (Å²) in [6, 6.07) is 21.7. The molecule has 1 aliphatic heterocycles. The second kappa shape index (κ2) is 8.57. The number of aromatic nitrogens is 4. The fourth-order valence-corrected chi connectivity index (χ4v) is 5.43. The van der Waals surface area contributed by atoms with Crippen molar-refractivity contribution in [3.8, 4) is 11.6 Å². The van der Waals surface area contributed by atoms with Crippen LogP contribution in [-0.2, 0) is 6.42 Å². The van der Waals surface area contributed by atoms with Gasteiger partial charge in [-0.05, 0) is 49.8 Å². The van der Waals surface area contributed by atoms with E-state index in [9.17, 15) is 0 Å². The number of nitrogens with zero attached hydrogens (tertiary/aromatic N) is 5. The molecule has 0 unspecified atom stereocenters. The van der Waals surface area contributed by atoms with E-state index in [1.165, 1.54) is 0 Å². The van der Waals surface area contributed by atoms with E-state index in [1.54, 1.807) is 10.6 Å². The minimum Gasteiger partial charge on any atom is -0.438 e. The third kappa shape index (κ3) is 4.24. The summed E-state index contributed by atoms with van der Waals surface area (Å²) in [5, 5.41) is 13.2. The molecular formula is C22H15BrIN5O. The maximum atomic E-state index is 5.86. The van der Waals surface area contributed by atoms with Crippen molar-refractivity contribution < 1.29 is 4.74 Å². The first-order valence-electron chi connectivity index (χ1n) is 9.18. The molecule has 0 spiro atoms. The van der Waals surface area contributed by atoms with Crippen molar-refractivity contribution in [3.05, 3.63) is 94.4 Å². The van der Waals surface area contributed by atoms with Crippen LogP contribution in [0.5, 0.6) is 11.6 Å². The highest BCUT2D eigenvalue weighted by atomic mass is 127. The Labute approximate surface area is 191 Å². The van der Waals surface area contributed by atoms with E-state index in [0.29, 0.717) is 17.9 Å². The highest BCUT2D eigenvalue weighted by molar-refractivity contribution is 14.2. The zero-order chi connectivity index (χ0) is 20.3. The predicted octanol–water partition coefficient (Wildman–Crippen LogP) is 5.28. The van der Waals surface area contributed by atoms with E-state index >= 15 is 0 Å². The normalized spacial score (nSPS) is 13.5.